The van der Waals surface area contributed by atoms with E-state index in [0.29, 0.717) is 24.9 Å². The number of nitrogens with one attached hydrogen (secondary N) is 1. The summed E-state index contributed by atoms with van der Waals surface area (Å²) in [6, 6.07) is 7.61. The number of carbonyl (C=O) groups is 2. The Morgan fingerprint density at radius 3 is 2.61 bits per heavy atom. The Balaban J connectivity index is 1.48. The molecule has 6 atom stereocenters. The Morgan fingerprint density at radius 2 is 1.92 bits per heavy atom. The maximum atomic E-state index is 13.2. The standard InChI is InChI=1S/C28H42N2O5S/c1-27-13-12-24(35-26(34)29-19-8-7-9-20(16-19)36-3)28(2,18-31)23(27)11-10-22(32)21(27)17-25(33)30-14-5-4-6-15-30/h7-9,16,21-24,31-32H,4-6,10-15,17-18H2,1-3H3,(H,29,34)/t21-,22-,23?,24-,27+,28+/m1/s1. The van der Waals surface area contributed by atoms with Crippen LogP contribution in [-0.2, 0) is 9.53 Å². The van der Waals surface area contributed by atoms with E-state index in [1.807, 2.05) is 42.3 Å². The molecule has 2 amide bonds. The van der Waals surface area contributed by atoms with E-state index in [1.54, 1.807) is 11.8 Å². The third kappa shape index (κ3) is 5.41. The van der Waals surface area contributed by atoms with Crippen molar-refractivity contribution < 1.29 is 24.5 Å². The topological polar surface area (TPSA) is 99.1 Å². The summed E-state index contributed by atoms with van der Waals surface area (Å²) < 4.78 is 5.95. The zero-order valence-electron chi connectivity index (χ0n) is 21.9. The molecule has 4 rings (SSSR count). The molecule has 0 spiro atoms. The van der Waals surface area contributed by atoms with Crippen LogP contribution in [0.25, 0.3) is 0 Å². The molecule has 1 saturated heterocycles. The molecule has 200 valence electrons. The number of benzene rings is 1. The van der Waals surface area contributed by atoms with Crippen LogP contribution in [0.5, 0.6) is 0 Å². The van der Waals surface area contributed by atoms with Crippen molar-refractivity contribution in [2.24, 2.45) is 22.7 Å². The average Bonchev–Trinajstić information content (AvgIpc) is 2.88. The highest BCUT2D eigenvalue weighted by molar-refractivity contribution is 7.98. The van der Waals surface area contributed by atoms with Crippen LogP contribution in [0.1, 0.15) is 65.2 Å². The molecule has 0 aromatic heterocycles. The van der Waals surface area contributed by atoms with E-state index >= 15 is 0 Å². The van der Waals surface area contributed by atoms with Crippen molar-refractivity contribution in [3.05, 3.63) is 24.3 Å². The monoisotopic (exact) mass is 518 g/mol. The fourth-order valence-corrected chi connectivity index (χ4v) is 7.68. The van der Waals surface area contributed by atoms with Gasteiger partial charge in [0.25, 0.3) is 0 Å². The fraction of sp³-hybridized carbons (Fsp3) is 0.714. The number of likely N-dealkylation sites (tertiary alicyclic amines) is 1. The number of hydrogen-bond acceptors (Lipinski definition) is 6. The molecule has 2 aliphatic carbocycles. The van der Waals surface area contributed by atoms with Crippen molar-refractivity contribution >= 4 is 29.4 Å². The number of thioether (sulfide) groups is 1. The van der Waals surface area contributed by atoms with Gasteiger partial charge in [-0.1, -0.05) is 19.9 Å². The third-order valence-corrected chi connectivity index (χ3v) is 10.1. The minimum atomic E-state index is -0.655. The first-order chi connectivity index (χ1) is 17.2. The van der Waals surface area contributed by atoms with Gasteiger partial charge in [-0.3, -0.25) is 10.1 Å². The SMILES string of the molecule is CSc1cccc(NC(=O)O[C@@H]2CC[C@]3(C)C(CC[C@@H](O)[C@H]3CC(=O)N3CCCCC3)[C@]2(C)CO)c1. The molecular formula is C28H42N2O5S. The first-order valence-electron chi connectivity index (χ1n) is 13.4. The van der Waals surface area contributed by atoms with Gasteiger partial charge in [0.2, 0.25) is 5.91 Å². The molecule has 1 unspecified atom stereocenters. The van der Waals surface area contributed by atoms with Crippen molar-refractivity contribution in [1.29, 1.82) is 0 Å². The van der Waals surface area contributed by atoms with E-state index < -0.39 is 23.7 Å². The van der Waals surface area contributed by atoms with Gasteiger partial charge in [-0.2, -0.15) is 0 Å². The van der Waals surface area contributed by atoms with Crippen molar-refractivity contribution in [2.75, 3.05) is 31.3 Å². The second-order valence-electron chi connectivity index (χ2n) is 11.4. The lowest BCUT2D eigenvalue weighted by atomic mass is 9.46. The van der Waals surface area contributed by atoms with Gasteiger partial charge in [0.05, 0.1) is 12.7 Å². The van der Waals surface area contributed by atoms with Crippen LogP contribution in [0.3, 0.4) is 0 Å². The van der Waals surface area contributed by atoms with Crippen LogP contribution in [0.2, 0.25) is 0 Å². The van der Waals surface area contributed by atoms with E-state index in [4.69, 9.17) is 4.74 Å². The van der Waals surface area contributed by atoms with Crippen LogP contribution in [0, 0.1) is 22.7 Å². The summed E-state index contributed by atoms with van der Waals surface area (Å²) in [6.45, 7) is 5.67. The first-order valence-corrected chi connectivity index (χ1v) is 14.6. The van der Waals surface area contributed by atoms with E-state index in [-0.39, 0.29) is 29.8 Å². The van der Waals surface area contributed by atoms with Crippen LogP contribution >= 0.6 is 11.8 Å². The quantitative estimate of drug-likeness (QED) is 0.463. The van der Waals surface area contributed by atoms with E-state index in [1.165, 1.54) is 6.42 Å². The predicted molar refractivity (Wildman–Crippen MR) is 142 cm³/mol. The summed E-state index contributed by atoms with van der Waals surface area (Å²) >= 11 is 1.60. The second kappa shape index (κ2) is 11.3. The van der Waals surface area contributed by atoms with Crippen LogP contribution in [0.4, 0.5) is 10.5 Å². The van der Waals surface area contributed by atoms with E-state index in [0.717, 1.165) is 43.7 Å². The lowest BCUT2D eigenvalue weighted by molar-refractivity contribution is -0.186. The van der Waals surface area contributed by atoms with Crippen LogP contribution in [0.15, 0.2) is 29.2 Å². The molecule has 0 radical (unpaired) electrons. The van der Waals surface area contributed by atoms with Gasteiger partial charge in [0.1, 0.15) is 6.10 Å². The number of anilines is 1. The minimum absolute atomic E-state index is 0.0314. The average molecular weight is 519 g/mol. The number of nitrogens with zero attached hydrogens (tertiary/aromatic N) is 1. The highest BCUT2D eigenvalue weighted by Gasteiger charge is 2.60. The van der Waals surface area contributed by atoms with Gasteiger partial charge in [-0.15, -0.1) is 11.8 Å². The number of ether oxygens (including phenoxy) is 1. The zero-order valence-corrected chi connectivity index (χ0v) is 22.7. The number of carbonyl (C=O) groups excluding carboxylic acids is 2. The molecule has 1 aliphatic heterocycles. The molecule has 1 aromatic rings. The largest absolute Gasteiger partial charge is 0.445 e. The predicted octanol–water partition coefficient (Wildman–Crippen LogP) is 4.91. The van der Waals surface area contributed by atoms with E-state index in [2.05, 4.69) is 12.2 Å². The van der Waals surface area contributed by atoms with Gasteiger partial charge in [-0.05, 0) is 86.7 Å². The number of piperidine rings is 1. The lowest BCUT2D eigenvalue weighted by Crippen LogP contribution is -2.61. The van der Waals surface area contributed by atoms with Gasteiger partial charge in [-0.25, -0.2) is 4.79 Å². The minimum Gasteiger partial charge on any atom is -0.445 e. The maximum absolute atomic E-state index is 13.2. The summed E-state index contributed by atoms with van der Waals surface area (Å²) in [4.78, 5) is 29.0. The molecule has 2 saturated carbocycles. The number of hydrogen-bond donors (Lipinski definition) is 3. The first kappa shape index (κ1) is 27.3. The number of rotatable bonds is 6. The van der Waals surface area contributed by atoms with Crippen LogP contribution in [-0.4, -0.2) is 65.3 Å². The molecule has 1 aromatic carbocycles. The van der Waals surface area contributed by atoms with Gasteiger partial charge >= 0.3 is 6.09 Å². The number of aliphatic hydroxyl groups is 2. The molecule has 3 N–H and O–H groups in total. The Morgan fingerprint density at radius 1 is 1.17 bits per heavy atom. The summed E-state index contributed by atoms with van der Waals surface area (Å²) in [5, 5.41) is 24.5. The normalized spacial score (nSPS) is 34.5. The molecule has 3 aliphatic rings. The fourth-order valence-electron chi connectivity index (χ4n) is 7.22. The molecule has 3 fully saturated rings. The van der Waals surface area contributed by atoms with Crippen molar-refractivity contribution in [3.8, 4) is 0 Å². The summed E-state index contributed by atoms with van der Waals surface area (Å²) in [6.07, 6.45) is 6.74. The molecular weight excluding hydrogens is 476 g/mol. The van der Waals surface area contributed by atoms with Gasteiger partial charge in [0.15, 0.2) is 0 Å². The van der Waals surface area contributed by atoms with E-state index in [9.17, 15) is 19.8 Å². The summed E-state index contributed by atoms with van der Waals surface area (Å²) in [5.41, 5.74) is -0.294. The molecule has 0 bridgehead atoms. The zero-order chi connectivity index (χ0) is 25.9. The Labute approximate surface area is 219 Å². The molecule has 8 heteroatoms. The number of aliphatic hydroxyl groups excluding tert-OH is 2. The highest BCUT2D eigenvalue weighted by atomic mass is 32.2. The Hall–Kier alpha value is -1.77. The lowest BCUT2D eigenvalue weighted by Gasteiger charge is -2.60. The van der Waals surface area contributed by atoms with Crippen molar-refractivity contribution in [3.63, 3.8) is 0 Å². The summed E-state index contributed by atoms with van der Waals surface area (Å²) in [5.74, 6) is 0.00101. The second-order valence-corrected chi connectivity index (χ2v) is 12.3. The summed E-state index contributed by atoms with van der Waals surface area (Å²) in [7, 11) is 0. The Kier molecular flexibility index (Phi) is 8.57. The molecule has 7 nitrogen and oxygen atoms in total. The molecule has 36 heavy (non-hydrogen) atoms. The Bertz CT molecular complexity index is 938. The van der Waals surface area contributed by atoms with Gasteiger partial charge in [0, 0.05) is 35.5 Å². The number of fused-ring (bicyclic) bond motifs is 1. The molecule has 1 heterocycles. The highest BCUT2D eigenvalue weighted by Crippen LogP contribution is 2.61. The smallest absolute Gasteiger partial charge is 0.411 e. The third-order valence-electron chi connectivity index (χ3n) is 9.34. The van der Waals surface area contributed by atoms with Crippen molar-refractivity contribution in [1.82, 2.24) is 4.90 Å². The van der Waals surface area contributed by atoms with Crippen molar-refractivity contribution in [2.45, 2.75) is 82.3 Å². The maximum Gasteiger partial charge on any atom is 0.411 e. The number of amides is 2. The van der Waals surface area contributed by atoms with Gasteiger partial charge < -0.3 is 19.8 Å². The van der Waals surface area contributed by atoms with Crippen LogP contribution < -0.4 is 5.32 Å².